The lowest BCUT2D eigenvalue weighted by Gasteiger charge is -2.06. The molecule has 3 nitrogen and oxygen atoms in total. The van der Waals surface area contributed by atoms with Crippen molar-refractivity contribution in [1.82, 2.24) is 9.38 Å². The third-order valence-electron chi connectivity index (χ3n) is 4.35. The van der Waals surface area contributed by atoms with E-state index in [0.29, 0.717) is 10.7 Å². The summed E-state index contributed by atoms with van der Waals surface area (Å²) in [6, 6.07) is 11.8. The van der Waals surface area contributed by atoms with Crippen LogP contribution in [0.1, 0.15) is 28.8 Å². The van der Waals surface area contributed by atoms with Gasteiger partial charge in [-0.05, 0) is 54.7 Å². The van der Waals surface area contributed by atoms with Gasteiger partial charge < -0.3 is 0 Å². The second kappa shape index (κ2) is 5.36. The van der Waals surface area contributed by atoms with E-state index in [1.165, 1.54) is 15.5 Å². The highest BCUT2D eigenvalue weighted by Gasteiger charge is 2.22. The quantitative estimate of drug-likeness (QED) is 0.674. The Morgan fingerprint density at radius 2 is 2.00 bits per heavy atom. The molecule has 3 aromatic rings. The zero-order valence-electron chi connectivity index (χ0n) is 12.7. The van der Waals surface area contributed by atoms with Gasteiger partial charge >= 0.3 is 0 Å². The lowest BCUT2D eigenvalue weighted by atomic mass is 10.0. The van der Waals surface area contributed by atoms with Crippen LogP contribution in [0.5, 0.6) is 0 Å². The number of fused-ring (bicyclic) bond motifs is 2. The first-order chi connectivity index (χ1) is 11.1. The van der Waals surface area contributed by atoms with Crippen LogP contribution in [0.15, 0.2) is 47.4 Å². The Bertz CT molecular complexity index is 1020. The lowest BCUT2D eigenvalue weighted by Crippen LogP contribution is -2.19. The minimum atomic E-state index is -0.0133. The Kier molecular flexibility index (Phi) is 3.31. The molecule has 0 radical (unpaired) electrons. The minimum absolute atomic E-state index is 0.0133. The molecule has 2 aromatic heterocycles. The molecule has 0 spiro atoms. The summed E-state index contributed by atoms with van der Waals surface area (Å²) < 4.78 is 1.54. The molecule has 2 heterocycles. The second-order valence-electron chi connectivity index (χ2n) is 5.85. The van der Waals surface area contributed by atoms with Gasteiger partial charge in [0.15, 0.2) is 0 Å². The Balaban J connectivity index is 1.93. The Hall–Kier alpha value is -2.39. The van der Waals surface area contributed by atoms with Gasteiger partial charge in [-0.25, -0.2) is 4.98 Å². The predicted molar refractivity (Wildman–Crippen MR) is 93.8 cm³/mol. The summed E-state index contributed by atoms with van der Waals surface area (Å²) in [5.41, 5.74) is 5.76. The van der Waals surface area contributed by atoms with Crippen molar-refractivity contribution in [1.29, 1.82) is 0 Å². The summed E-state index contributed by atoms with van der Waals surface area (Å²) in [6.45, 7) is 2.09. The molecule has 0 amide bonds. The number of hydrogen-bond donors (Lipinski definition) is 0. The van der Waals surface area contributed by atoms with Crippen molar-refractivity contribution in [2.24, 2.45) is 0 Å². The first kappa shape index (κ1) is 14.2. The average Bonchev–Trinajstić information content (AvgIpc) is 2.94. The number of halogens is 1. The van der Waals surface area contributed by atoms with Crippen LogP contribution in [0.25, 0.3) is 17.3 Å². The number of nitrogens with zero attached hydrogens (tertiary/aromatic N) is 2. The normalized spacial score (nSPS) is 15.3. The number of hydrogen-bond acceptors (Lipinski definition) is 2. The largest absolute Gasteiger partial charge is 0.269 e. The summed E-state index contributed by atoms with van der Waals surface area (Å²) in [4.78, 5) is 17.4. The fourth-order valence-corrected chi connectivity index (χ4v) is 3.26. The van der Waals surface area contributed by atoms with Gasteiger partial charge in [-0.2, -0.15) is 0 Å². The van der Waals surface area contributed by atoms with E-state index in [-0.39, 0.29) is 5.56 Å². The van der Waals surface area contributed by atoms with E-state index < -0.39 is 0 Å². The molecule has 0 atom stereocenters. The van der Waals surface area contributed by atoms with E-state index in [0.717, 1.165) is 29.7 Å². The molecule has 0 fully saturated rings. The third-order valence-corrected chi connectivity index (χ3v) is 4.57. The minimum Gasteiger partial charge on any atom is -0.269 e. The van der Waals surface area contributed by atoms with E-state index >= 15 is 0 Å². The summed E-state index contributed by atoms with van der Waals surface area (Å²) in [6.07, 6.45) is 5.36. The van der Waals surface area contributed by atoms with Crippen LogP contribution in [-0.2, 0) is 6.42 Å². The van der Waals surface area contributed by atoms with Crippen molar-refractivity contribution < 1.29 is 0 Å². The Morgan fingerprint density at radius 3 is 2.83 bits per heavy atom. The van der Waals surface area contributed by atoms with Gasteiger partial charge in [-0.15, -0.1) is 0 Å². The van der Waals surface area contributed by atoms with Crippen LogP contribution in [0.3, 0.4) is 0 Å². The maximum Gasteiger partial charge on any atom is 0.261 e. The number of rotatable bonds is 1. The predicted octanol–water partition coefficient (Wildman–Crippen LogP) is 4.14. The zero-order chi connectivity index (χ0) is 16.0. The van der Waals surface area contributed by atoms with Crippen LogP contribution in [0.4, 0.5) is 0 Å². The smallest absolute Gasteiger partial charge is 0.261 e. The summed E-state index contributed by atoms with van der Waals surface area (Å²) in [5, 5.41) is 0.537. The highest BCUT2D eigenvalue weighted by atomic mass is 35.5. The summed E-state index contributed by atoms with van der Waals surface area (Å²) in [7, 11) is 0. The molecule has 0 aliphatic heterocycles. The van der Waals surface area contributed by atoms with Crippen molar-refractivity contribution in [3.05, 3.63) is 80.4 Å². The molecular weight excluding hydrogens is 308 g/mol. The number of aryl methyl sites for hydroxylation is 1. The van der Waals surface area contributed by atoms with Crippen LogP contribution >= 0.6 is 11.6 Å². The monoisotopic (exact) mass is 322 g/mol. The first-order valence-electron chi connectivity index (χ1n) is 7.61. The van der Waals surface area contributed by atoms with E-state index in [1.54, 1.807) is 18.3 Å². The van der Waals surface area contributed by atoms with Crippen LogP contribution in [0, 0.1) is 6.92 Å². The molecule has 1 aromatic carbocycles. The van der Waals surface area contributed by atoms with Gasteiger partial charge in [0.2, 0.25) is 0 Å². The number of pyridine rings is 1. The molecule has 114 valence electrons. The van der Waals surface area contributed by atoms with E-state index in [2.05, 4.69) is 25.1 Å². The lowest BCUT2D eigenvalue weighted by molar-refractivity contribution is 0.971. The summed E-state index contributed by atoms with van der Waals surface area (Å²) >= 11 is 6.00. The van der Waals surface area contributed by atoms with Crippen molar-refractivity contribution in [2.75, 3.05) is 0 Å². The molecule has 0 N–H and O–H groups in total. The molecule has 0 saturated carbocycles. The molecule has 0 bridgehead atoms. The Labute approximate surface area is 138 Å². The number of benzene rings is 1. The van der Waals surface area contributed by atoms with Crippen LogP contribution in [-0.4, -0.2) is 9.38 Å². The highest BCUT2D eigenvalue weighted by Crippen LogP contribution is 2.31. The topological polar surface area (TPSA) is 34.4 Å². The molecule has 1 aliphatic carbocycles. The van der Waals surface area contributed by atoms with Gasteiger partial charge in [-0.3, -0.25) is 9.20 Å². The van der Waals surface area contributed by atoms with Crippen molar-refractivity contribution in [3.8, 4) is 0 Å². The fraction of sp³-hybridized carbons (Fsp3) is 0.158. The zero-order valence-corrected chi connectivity index (χ0v) is 13.5. The molecule has 4 rings (SSSR count). The van der Waals surface area contributed by atoms with Gasteiger partial charge in [-0.1, -0.05) is 35.9 Å². The third kappa shape index (κ3) is 2.37. The fourth-order valence-electron chi connectivity index (χ4n) is 3.10. The molecule has 0 saturated heterocycles. The maximum absolute atomic E-state index is 12.7. The van der Waals surface area contributed by atoms with E-state index in [9.17, 15) is 4.79 Å². The molecular formula is C19H15ClN2O. The second-order valence-corrected chi connectivity index (χ2v) is 6.28. The summed E-state index contributed by atoms with van der Waals surface area (Å²) in [5.74, 6) is 0. The maximum atomic E-state index is 12.7. The van der Waals surface area contributed by atoms with Gasteiger partial charge in [0.05, 0.1) is 10.7 Å². The van der Waals surface area contributed by atoms with Gasteiger partial charge in [0.1, 0.15) is 5.65 Å². The van der Waals surface area contributed by atoms with E-state index in [4.69, 9.17) is 16.6 Å². The first-order valence-corrected chi connectivity index (χ1v) is 7.98. The van der Waals surface area contributed by atoms with Crippen LogP contribution in [0.2, 0.25) is 5.02 Å². The SMILES string of the molecule is Cc1ccccc1C=C1CCc2c1nc1ccc(Cl)cn1c2=O. The highest BCUT2D eigenvalue weighted by molar-refractivity contribution is 6.30. The molecule has 1 aliphatic rings. The van der Waals surface area contributed by atoms with E-state index in [1.807, 2.05) is 12.1 Å². The molecule has 0 unspecified atom stereocenters. The van der Waals surface area contributed by atoms with Gasteiger partial charge in [0, 0.05) is 11.8 Å². The Morgan fingerprint density at radius 1 is 1.17 bits per heavy atom. The number of aromatic nitrogens is 2. The number of allylic oxidation sites excluding steroid dienone is 1. The molecule has 23 heavy (non-hydrogen) atoms. The standard InChI is InChI=1S/C19H15ClN2O/c1-12-4-2-3-5-13(12)10-14-6-8-16-18(14)21-17-9-7-15(20)11-22(17)19(16)23/h2-5,7,9-11H,6,8H2,1H3. The molecule has 4 heteroatoms. The average molecular weight is 323 g/mol. The van der Waals surface area contributed by atoms with Crippen molar-refractivity contribution in [2.45, 2.75) is 19.8 Å². The van der Waals surface area contributed by atoms with Crippen molar-refractivity contribution in [3.63, 3.8) is 0 Å². The van der Waals surface area contributed by atoms with Crippen LogP contribution < -0.4 is 5.56 Å². The van der Waals surface area contributed by atoms with Crippen molar-refractivity contribution >= 4 is 28.9 Å². The van der Waals surface area contributed by atoms with Gasteiger partial charge in [0.25, 0.3) is 5.56 Å².